The molecular formula is C16H29N3O3. The van der Waals surface area contributed by atoms with Crippen LogP contribution < -0.4 is 5.32 Å². The first-order chi connectivity index (χ1) is 10.3. The van der Waals surface area contributed by atoms with Crippen molar-refractivity contribution < 1.29 is 14.3 Å². The third kappa shape index (κ3) is 4.60. The SMILES string of the molecule is CC(=O)N1CCC(CNC(=O)N2CC(C)OC(C)(C)C2)CC1. The van der Waals surface area contributed by atoms with E-state index in [1.807, 2.05) is 30.6 Å². The minimum absolute atomic E-state index is 0.00257. The lowest BCUT2D eigenvalue weighted by Crippen LogP contribution is -2.56. The van der Waals surface area contributed by atoms with Gasteiger partial charge in [-0.25, -0.2) is 4.79 Å². The predicted octanol–water partition coefficient (Wildman–Crippen LogP) is 1.45. The zero-order valence-corrected chi connectivity index (χ0v) is 14.2. The van der Waals surface area contributed by atoms with E-state index in [0.717, 1.165) is 25.9 Å². The summed E-state index contributed by atoms with van der Waals surface area (Å²) in [6, 6.07) is -0.00257. The molecule has 2 heterocycles. The van der Waals surface area contributed by atoms with E-state index in [2.05, 4.69) is 5.32 Å². The highest BCUT2D eigenvalue weighted by atomic mass is 16.5. The van der Waals surface area contributed by atoms with E-state index in [0.29, 0.717) is 25.6 Å². The molecule has 2 aliphatic rings. The fourth-order valence-corrected chi connectivity index (χ4v) is 3.40. The lowest BCUT2D eigenvalue weighted by Gasteiger charge is -2.41. The van der Waals surface area contributed by atoms with Crippen LogP contribution in [0.25, 0.3) is 0 Å². The van der Waals surface area contributed by atoms with Crippen molar-refractivity contribution >= 4 is 11.9 Å². The highest BCUT2D eigenvalue weighted by Gasteiger charge is 2.33. The molecule has 2 rings (SSSR count). The highest BCUT2D eigenvalue weighted by molar-refractivity contribution is 5.74. The molecule has 2 saturated heterocycles. The number of nitrogens with zero attached hydrogens (tertiary/aromatic N) is 2. The molecule has 2 aliphatic heterocycles. The fraction of sp³-hybridized carbons (Fsp3) is 0.875. The van der Waals surface area contributed by atoms with Crippen molar-refractivity contribution in [3.63, 3.8) is 0 Å². The van der Waals surface area contributed by atoms with Crippen LogP contribution in [0.2, 0.25) is 0 Å². The fourth-order valence-electron chi connectivity index (χ4n) is 3.40. The van der Waals surface area contributed by atoms with Crippen LogP contribution in [0.4, 0.5) is 4.79 Å². The average Bonchev–Trinajstić information content (AvgIpc) is 2.43. The van der Waals surface area contributed by atoms with Gasteiger partial charge in [0.2, 0.25) is 5.91 Å². The molecule has 6 heteroatoms. The van der Waals surface area contributed by atoms with Gasteiger partial charge in [0.15, 0.2) is 0 Å². The van der Waals surface area contributed by atoms with E-state index in [9.17, 15) is 9.59 Å². The molecule has 0 aromatic rings. The number of morpholine rings is 1. The average molecular weight is 311 g/mol. The van der Waals surface area contributed by atoms with Crippen LogP contribution in [0.15, 0.2) is 0 Å². The number of piperidine rings is 1. The lowest BCUT2D eigenvalue weighted by molar-refractivity contribution is -0.130. The van der Waals surface area contributed by atoms with Crippen molar-refractivity contribution in [3.8, 4) is 0 Å². The monoisotopic (exact) mass is 311 g/mol. The van der Waals surface area contributed by atoms with Gasteiger partial charge >= 0.3 is 6.03 Å². The third-order valence-electron chi connectivity index (χ3n) is 4.46. The van der Waals surface area contributed by atoms with Crippen molar-refractivity contribution in [2.75, 3.05) is 32.7 Å². The third-order valence-corrected chi connectivity index (χ3v) is 4.46. The molecule has 2 fully saturated rings. The Morgan fingerprint density at radius 2 is 1.86 bits per heavy atom. The number of likely N-dealkylation sites (tertiary alicyclic amines) is 1. The Morgan fingerprint density at radius 3 is 2.41 bits per heavy atom. The van der Waals surface area contributed by atoms with Gasteiger partial charge in [-0.2, -0.15) is 0 Å². The summed E-state index contributed by atoms with van der Waals surface area (Å²) in [7, 11) is 0. The van der Waals surface area contributed by atoms with Crippen molar-refractivity contribution in [2.45, 2.75) is 52.2 Å². The Morgan fingerprint density at radius 1 is 1.23 bits per heavy atom. The van der Waals surface area contributed by atoms with Crippen molar-refractivity contribution in [2.24, 2.45) is 5.92 Å². The van der Waals surface area contributed by atoms with Crippen LogP contribution in [-0.4, -0.2) is 66.2 Å². The maximum atomic E-state index is 12.3. The van der Waals surface area contributed by atoms with Crippen LogP contribution in [0, 0.1) is 5.92 Å². The topological polar surface area (TPSA) is 61.9 Å². The number of carbonyl (C=O) groups is 2. The van der Waals surface area contributed by atoms with E-state index >= 15 is 0 Å². The smallest absolute Gasteiger partial charge is 0.317 e. The molecule has 6 nitrogen and oxygen atoms in total. The number of carbonyl (C=O) groups excluding carboxylic acids is 2. The molecule has 3 amide bonds. The second kappa shape index (κ2) is 6.86. The van der Waals surface area contributed by atoms with E-state index in [-0.39, 0.29) is 23.6 Å². The van der Waals surface area contributed by atoms with Gasteiger partial charge in [0, 0.05) is 33.1 Å². The van der Waals surface area contributed by atoms with Gasteiger partial charge in [-0.3, -0.25) is 4.79 Å². The van der Waals surface area contributed by atoms with Gasteiger partial charge in [-0.05, 0) is 39.5 Å². The Labute approximate surface area is 133 Å². The van der Waals surface area contributed by atoms with Crippen LogP contribution in [0.3, 0.4) is 0 Å². The molecule has 126 valence electrons. The summed E-state index contributed by atoms with van der Waals surface area (Å²) in [6.45, 7) is 11.2. The Kier molecular flexibility index (Phi) is 5.32. The van der Waals surface area contributed by atoms with Crippen molar-refractivity contribution in [1.29, 1.82) is 0 Å². The minimum Gasteiger partial charge on any atom is -0.369 e. The normalized spacial score (nSPS) is 25.9. The molecule has 0 spiro atoms. The number of hydrogen-bond acceptors (Lipinski definition) is 3. The van der Waals surface area contributed by atoms with Crippen LogP contribution in [0.5, 0.6) is 0 Å². The summed E-state index contributed by atoms with van der Waals surface area (Å²) in [6.07, 6.45) is 1.99. The van der Waals surface area contributed by atoms with Gasteiger partial charge in [0.05, 0.1) is 18.2 Å². The molecule has 1 N–H and O–H groups in total. The molecule has 1 unspecified atom stereocenters. The van der Waals surface area contributed by atoms with Gasteiger partial charge in [0.25, 0.3) is 0 Å². The van der Waals surface area contributed by atoms with Gasteiger partial charge < -0.3 is 19.9 Å². The molecule has 0 bridgehead atoms. The molecule has 0 saturated carbocycles. The lowest BCUT2D eigenvalue weighted by atomic mass is 9.97. The number of hydrogen-bond donors (Lipinski definition) is 1. The number of urea groups is 1. The van der Waals surface area contributed by atoms with Gasteiger partial charge in [0.1, 0.15) is 0 Å². The minimum atomic E-state index is -0.290. The zero-order chi connectivity index (χ0) is 16.3. The van der Waals surface area contributed by atoms with Gasteiger partial charge in [-0.15, -0.1) is 0 Å². The first-order valence-corrected chi connectivity index (χ1v) is 8.23. The van der Waals surface area contributed by atoms with Crippen molar-refractivity contribution in [3.05, 3.63) is 0 Å². The Hall–Kier alpha value is -1.30. The second-order valence-corrected chi connectivity index (χ2v) is 7.20. The summed E-state index contributed by atoms with van der Waals surface area (Å²) < 4.78 is 5.82. The predicted molar refractivity (Wildman–Crippen MR) is 84.6 cm³/mol. The van der Waals surface area contributed by atoms with E-state index in [1.165, 1.54) is 0 Å². The molecular weight excluding hydrogens is 282 g/mol. The summed E-state index contributed by atoms with van der Waals surface area (Å²) in [5.41, 5.74) is -0.290. The van der Waals surface area contributed by atoms with Crippen LogP contribution in [-0.2, 0) is 9.53 Å². The number of rotatable bonds is 2. The number of ether oxygens (including phenoxy) is 1. The first kappa shape index (κ1) is 17.1. The van der Waals surface area contributed by atoms with Crippen LogP contribution >= 0.6 is 0 Å². The molecule has 1 atom stereocenters. The number of amides is 3. The van der Waals surface area contributed by atoms with E-state index < -0.39 is 0 Å². The summed E-state index contributed by atoms with van der Waals surface area (Å²) in [5.74, 6) is 0.609. The standard InChI is InChI=1S/C16H29N3O3/c1-12-10-19(11-16(3,4)22-12)15(21)17-9-14-5-7-18(8-6-14)13(2)20/h12,14H,5-11H2,1-4H3,(H,17,21). The summed E-state index contributed by atoms with van der Waals surface area (Å²) >= 11 is 0. The van der Waals surface area contributed by atoms with E-state index in [4.69, 9.17) is 4.74 Å². The molecule has 22 heavy (non-hydrogen) atoms. The maximum absolute atomic E-state index is 12.3. The highest BCUT2D eigenvalue weighted by Crippen LogP contribution is 2.21. The summed E-state index contributed by atoms with van der Waals surface area (Å²) in [5, 5.41) is 3.05. The Bertz CT molecular complexity index is 417. The number of nitrogens with one attached hydrogen (secondary N) is 1. The molecule has 0 aromatic heterocycles. The first-order valence-electron chi connectivity index (χ1n) is 8.23. The quantitative estimate of drug-likeness (QED) is 0.840. The van der Waals surface area contributed by atoms with Crippen LogP contribution in [0.1, 0.15) is 40.5 Å². The largest absolute Gasteiger partial charge is 0.369 e. The Balaban J connectivity index is 1.75. The molecule has 0 aromatic carbocycles. The molecule has 0 radical (unpaired) electrons. The molecule has 0 aliphatic carbocycles. The summed E-state index contributed by atoms with van der Waals surface area (Å²) in [4.78, 5) is 27.4. The zero-order valence-electron chi connectivity index (χ0n) is 14.2. The van der Waals surface area contributed by atoms with Crippen molar-refractivity contribution in [1.82, 2.24) is 15.1 Å². The maximum Gasteiger partial charge on any atom is 0.317 e. The van der Waals surface area contributed by atoms with E-state index in [1.54, 1.807) is 6.92 Å². The second-order valence-electron chi connectivity index (χ2n) is 7.20. The van der Waals surface area contributed by atoms with Gasteiger partial charge in [-0.1, -0.05) is 0 Å².